The summed E-state index contributed by atoms with van der Waals surface area (Å²) in [5.41, 5.74) is -0.716. The molecule has 1 amide bonds. The molecule has 0 unspecified atom stereocenters. The average molecular weight is 378 g/mol. The number of carbonyl (C=O) groups excluding carboxylic acids is 2. The minimum atomic E-state index is -1.03. The number of likely N-dealkylation sites (tertiary alicyclic amines) is 1. The SMILES string of the molecule is CC1CCN(C(=O)[C@H](C)OC(=O)c2cc3c(cc2[N+](=O)[O-])OCCO3)CC1. The van der Waals surface area contributed by atoms with E-state index >= 15 is 0 Å². The van der Waals surface area contributed by atoms with Gasteiger partial charge < -0.3 is 19.1 Å². The van der Waals surface area contributed by atoms with Crippen molar-refractivity contribution in [3.63, 3.8) is 0 Å². The third-order valence-electron chi connectivity index (χ3n) is 4.80. The molecule has 9 nitrogen and oxygen atoms in total. The van der Waals surface area contributed by atoms with Gasteiger partial charge in [-0.15, -0.1) is 0 Å². The Balaban J connectivity index is 1.75. The molecular weight excluding hydrogens is 356 g/mol. The molecule has 146 valence electrons. The van der Waals surface area contributed by atoms with Gasteiger partial charge in [-0.1, -0.05) is 6.92 Å². The Hall–Kier alpha value is -2.84. The van der Waals surface area contributed by atoms with E-state index in [1.165, 1.54) is 13.0 Å². The maximum absolute atomic E-state index is 12.5. The number of ether oxygens (including phenoxy) is 3. The van der Waals surface area contributed by atoms with Crippen LogP contribution >= 0.6 is 0 Å². The number of fused-ring (bicyclic) bond motifs is 1. The lowest BCUT2D eigenvalue weighted by Gasteiger charge is -2.31. The summed E-state index contributed by atoms with van der Waals surface area (Å²) in [7, 11) is 0. The maximum atomic E-state index is 12.5. The van der Waals surface area contributed by atoms with E-state index in [1.807, 2.05) is 0 Å². The maximum Gasteiger partial charge on any atom is 0.346 e. The van der Waals surface area contributed by atoms with Gasteiger partial charge in [0, 0.05) is 19.2 Å². The molecule has 3 rings (SSSR count). The third kappa shape index (κ3) is 4.12. The molecule has 2 aliphatic heterocycles. The standard InChI is InChI=1S/C18H22N2O7/c1-11-3-5-19(6-4-11)17(21)12(2)27-18(22)13-9-15-16(26-8-7-25-15)10-14(13)20(23)24/h9-12H,3-8H2,1-2H3/t12-/m0/s1. The van der Waals surface area contributed by atoms with E-state index in [0.29, 0.717) is 19.0 Å². The summed E-state index contributed by atoms with van der Waals surface area (Å²) in [6, 6.07) is 2.37. The largest absolute Gasteiger partial charge is 0.486 e. The average Bonchev–Trinajstić information content (AvgIpc) is 2.66. The molecule has 0 N–H and O–H groups in total. The molecule has 0 saturated carbocycles. The van der Waals surface area contributed by atoms with E-state index in [2.05, 4.69) is 6.92 Å². The second kappa shape index (κ2) is 7.81. The van der Waals surface area contributed by atoms with E-state index in [4.69, 9.17) is 14.2 Å². The lowest BCUT2D eigenvalue weighted by Crippen LogP contribution is -2.44. The Morgan fingerprint density at radius 2 is 1.81 bits per heavy atom. The Labute approximate surface area is 156 Å². The van der Waals surface area contributed by atoms with Crippen molar-refractivity contribution in [1.82, 2.24) is 4.90 Å². The number of carbonyl (C=O) groups is 2. The number of nitro groups is 1. The second-order valence-corrected chi connectivity index (χ2v) is 6.83. The fourth-order valence-corrected chi connectivity index (χ4v) is 3.15. The highest BCUT2D eigenvalue weighted by atomic mass is 16.6. The van der Waals surface area contributed by atoms with Gasteiger partial charge in [-0.25, -0.2) is 4.79 Å². The zero-order valence-electron chi connectivity index (χ0n) is 15.3. The predicted octanol–water partition coefficient (Wildman–Crippen LogP) is 2.17. The van der Waals surface area contributed by atoms with E-state index in [9.17, 15) is 19.7 Å². The summed E-state index contributed by atoms with van der Waals surface area (Å²) in [6.45, 7) is 5.39. The van der Waals surface area contributed by atoms with Crippen molar-refractivity contribution in [3.8, 4) is 11.5 Å². The first-order valence-corrected chi connectivity index (χ1v) is 8.94. The highest BCUT2D eigenvalue weighted by Crippen LogP contribution is 2.37. The first-order valence-electron chi connectivity index (χ1n) is 8.94. The topological polar surface area (TPSA) is 108 Å². The summed E-state index contributed by atoms with van der Waals surface area (Å²) >= 11 is 0. The molecule has 0 aromatic heterocycles. The van der Waals surface area contributed by atoms with Crippen molar-refractivity contribution in [2.24, 2.45) is 5.92 Å². The first kappa shape index (κ1) is 18.9. The molecule has 0 aliphatic carbocycles. The van der Waals surface area contributed by atoms with Crippen LogP contribution in [-0.2, 0) is 9.53 Å². The Morgan fingerprint density at radius 3 is 2.41 bits per heavy atom. The molecule has 0 bridgehead atoms. The lowest BCUT2D eigenvalue weighted by molar-refractivity contribution is -0.385. The monoisotopic (exact) mass is 378 g/mol. The summed E-state index contributed by atoms with van der Waals surface area (Å²) in [5, 5.41) is 11.3. The molecule has 1 saturated heterocycles. The van der Waals surface area contributed by atoms with Gasteiger partial charge in [0.25, 0.3) is 11.6 Å². The number of hydrogen-bond donors (Lipinski definition) is 0. The normalized spacial score (nSPS) is 17.9. The van der Waals surface area contributed by atoms with Crippen molar-refractivity contribution >= 4 is 17.6 Å². The molecule has 0 spiro atoms. The molecule has 9 heteroatoms. The van der Waals surface area contributed by atoms with Crippen LogP contribution in [0.15, 0.2) is 12.1 Å². The van der Waals surface area contributed by atoms with E-state index in [-0.39, 0.29) is 36.2 Å². The zero-order valence-corrected chi connectivity index (χ0v) is 15.3. The van der Waals surface area contributed by atoms with Crippen LogP contribution in [0.25, 0.3) is 0 Å². The summed E-state index contributed by atoms with van der Waals surface area (Å²) in [4.78, 5) is 37.3. The highest BCUT2D eigenvalue weighted by Gasteiger charge is 2.31. The van der Waals surface area contributed by atoms with Gasteiger partial charge in [-0.05, 0) is 25.7 Å². The predicted molar refractivity (Wildman–Crippen MR) is 93.9 cm³/mol. The van der Waals surface area contributed by atoms with Gasteiger partial charge in [0.2, 0.25) is 0 Å². The van der Waals surface area contributed by atoms with Crippen molar-refractivity contribution in [2.75, 3.05) is 26.3 Å². The molecular formula is C18H22N2O7. The van der Waals surface area contributed by atoms with Crippen molar-refractivity contribution in [3.05, 3.63) is 27.8 Å². The van der Waals surface area contributed by atoms with Crippen LogP contribution < -0.4 is 9.47 Å². The first-order chi connectivity index (χ1) is 12.9. The summed E-state index contributed by atoms with van der Waals surface area (Å²) in [5.74, 6) is -0.230. The molecule has 2 aliphatic rings. The van der Waals surface area contributed by atoms with Gasteiger partial charge in [-0.3, -0.25) is 14.9 Å². The minimum Gasteiger partial charge on any atom is -0.486 e. The molecule has 1 aromatic carbocycles. The minimum absolute atomic E-state index is 0.205. The zero-order chi connectivity index (χ0) is 19.6. The van der Waals surface area contributed by atoms with Crippen LogP contribution in [0, 0.1) is 16.0 Å². The number of hydrogen-bond acceptors (Lipinski definition) is 7. The molecule has 0 radical (unpaired) electrons. The van der Waals surface area contributed by atoms with Gasteiger partial charge in [0.15, 0.2) is 17.6 Å². The molecule has 1 aromatic rings. The van der Waals surface area contributed by atoms with E-state index in [0.717, 1.165) is 18.9 Å². The fraction of sp³-hybridized carbons (Fsp3) is 0.556. The van der Waals surface area contributed by atoms with E-state index < -0.39 is 22.7 Å². The number of nitro benzene ring substituents is 1. The van der Waals surface area contributed by atoms with Crippen molar-refractivity contribution in [1.29, 1.82) is 0 Å². The Bertz CT molecular complexity index is 756. The van der Waals surface area contributed by atoms with Crippen LogP contribution in [-0.4, -0.2) is 54.1 Å². The molecule has 2 heterocycles. The quantitative estimate of drug-likeness (QED) is 0.449. The Morgan fingerprint density at radius 1 is 1.22 bits per heavy atom. The number of amides is 1. The number of rotatable bonds is 4. The molecule has 1 fully saturated rings. The lowest BCUT2D eigenvalue weighted by atomic mass is 9.99. The van der Waals surface area contributed by atoms with Gasteiger partial charge in [0.1, 0.15) is 18.8 Å². The molecule has 1 atom stereocenters. The van der Waals surface area contributed by atoms with Crippen molar-refractivity contribution < 1.29 is 28.7 Å². The van der Waals surface area contributed by atoms with E-state index in [1.54, 1.807) is 4.90 Å². The highest BCUT2D eigenvalue weighted by molar-refractivity contribution is 5.96. The number of esters is 1. The second-order valence-electron chi connectivity index (χ2n) is 6.83. The third-order valence-corrected chi connectivity index (χ3v) is 4.80. The van der Waals surface area contributed by atoms with Crippen LogP contribution in [0.3, 0.4) is 0 Å². The van der Waals surface area contributed by atoms with Crippen molar-refractivity contribution in [2.45, 2.75) is 32.8 Å². The number of nitrogens with zero attached hydrogens (tertiary/aromatic N) is 2. The van der Waals surface area contributed by atoms with Crippen LogP contribution in [0.4, 0.5) is 5.69 Å². The van der Waals surface area contributed by atoms with Crippen LogP contribution in [0.2, 0.25) is 0 Å². The van der Waals surface area contributed by atoms with Gasteiger partial charge in [-0.2, -0.15) is 0 Å². The molecule has 27 heavy (non-hydrogen) atoms. The fourth-order valence-electron chi connectivity index (χ4n) is 3.15. The van der Waals surface area contributed by atoms with Crippen LogP contribution in [0.1, 0.15) is 37.0 Å². The Kier molecular flexibility index (Phi) is 5.48. The van der Waals surface area contributed by atoms with Gasteiger partial charge in [0.05, 0.1) is 11.0 Å². The number of benzene rings is 1. The smallest absolute Gasteiger partial charge is 0.346 e. The van der Waals surface area contributed by atoms with Crippen LogP contribution in [0.5, 0.6) is 11.5 Å². The summed E-state index contributed by atoms with van der Waals surface area (Å²) < 4.78 is 15.9. The van der Waals surface area contributed by atoms with Gasteiger partial charge >= 0.3 is 5.97 Å². The summed E-state index contributed by atoms with van der Waals surface area (Å²) in [6.07, 6.45) is 0.777. The number of piperidine rings is 1.